The molecule has 11 heteroatoms. The largest absolute Gasteiger partial charge is 0.495 e. The molecule has 2 aromatic carbocycles. The highest BCUT2D eigenvalue weighted by molar-refractivity contribution is 7.99. The Labute approximate surface area is 232 Å². The van der Waals surface area contributed by atoms with Gasteiger partial charge in [0.15, 0.2) is 5.16 Å². The normalized spacial score (nSPS) is 14.5. The van der Waals surface area contributed by atoms with Gasteiger partial charge in [-0.2, -0.15) is 0 Å². The number of methoxy groups -OCH3 is 1. The fourth-order valence-corrected chi connectivity index (χ4v) is 6.87. The number of nitrogens with zero attached hydrogens (tertiary/aromatic N) is 4. The van der Waals surface area contributed by atoms with E-state index in [1.54, 1.807) is 23.8 Å². The van der Waals surface area contributed by atoms with Gasteiger partial charge in [0.1, 0.15) is 10.6 Å². The highest BCUT2D eigenvalue weighted by atomic mass is 32.2. The molecule has 1 aliphatic rings. The average Bonchev–Trinajstić information content (AvgIpc) is 3.48. The molecular weight excluding hydrogens is 534 g/mol. The van der Waals surface area contributed by atoms with Gasteiger partial charge in [0.2, 0.25) is 11.7 Å². The molecule has 0 unspecified atom stereocenters. The summed E-state index contributed by atoms with van der Waals surface area (Å²) >= 11 is 2.79. The van der Waals surface area contributed by atoms with Crippen LogP contribution in [0.4, 0.5) is 5.69 Å². The molecule has 1 N–H and O–H groups in total. The van der Waals surface area contributed by atoms with Crippen LogP contribution in [-0.4, -0.2) is 43.5 Å². The average molecular weight is 562 g/mol. The smallest absolute Gasteiger partial charge is 0.268 e. The van der Waals surface area contributed by atoms with Crippen molar-refractivity contribution in [1.29, 1.82) is 0 Å². The Morgan fingerprint density at radius 3 is 2.82 bits per heavy atom. The quantitative estimate of drug-likeness (QED) is 0.292. The number of para-hydroxylation sites is 2. The van der Waals surface area contributed by atoms with E-state index in [1.807, 2.05) is 61.6 Å². The zero-order valence-electron chi connectivity index (χ0n) is 22.0. The van der Waals surface area contributed by atoms with Gasteiger partial charge in [0.25, 0.3) is 5.56 Å². The number of rotatable bonds is 6. The van der Waals surface area contributed by atoms with Gasteiger partial charge in [-0.15, -0.1) is 21.5 Å². The van der Waals surface area contributed by atoms with E-state index in [0.29, 0.717) is 40.8 Å². The molecule has 9 nitrogen and oxygen atoms in total. The molecule has 200 valence electrons. The number of aromatic nitrogens is 4. The summed E-state index contributed by atoms with van der Waals surface area (Å²) in [5.41, 5.74) is 2.85. The SMILES string of the molecule is COc1ccccc1NC(=O)CSc1nnc2n(-c3cccc(C)c3)c(=O)c3c4c(sc3n12)COC(C)(C)C4. The highest BCUT2D eigenvalue weighted by Gasteiger charge is 2.32. The number of carbonyl (C=O) groups excluding carboxylic acids is 1. The number of aryl methyl sites for hydroxylation is 1. The summed E-state index contributed by atoms with van der Waals surface area (Å²) in [6.45, 7) is 6.51. The number of thiophene rings is 1. The van der Waals surface area contributed by atoms with Crippen molar-refractivity contribution in [3.05, 3.63) is 74.9 Å². The van der Waals surface area contributed by atoms with Crippen LogP contribution < -0.4 is 15.6 Å². The van der Waals surface area contributed by atoms with E-state index in [9.17, 15) is 9.59 Å². The van der Waals surface area contributed by atoms with Crippen molar-refractivity contribution in [1.82, 2.24) is 19.2 Å². The molecule has 0 saturated heterocycles. The van der Waals surface area contributed by atoms with Crippen LogP contribution in [-0.2, 0) is 22.6 Å². The molecule has 0 bridgehead atoms. The van der Waals surface area contributed by atoms with E-state index in [1.165, 1.54) is 23.1 Å². The number of hydrogen-bond acceptors (Lipinski definition) is 8. The fraction of sp³-hybridized carbons (Fsp3) is 0.286. The minimum Gasteiger partial charge on any atom is -0.495 e. The molecule has 0 aliphatic carbocycles. The van der Waals surface area contributed by atoms with E-state index in [4.69, 9.17) is 9.47 Å². The van der Waals surface area contributed by atoms with Crippen LogP contribution in [0.25, 0.3) is 21.7 Å². The summed E-state index contributed by atoms with van der Waals surface area (Å²) in [6, 6.07) is 15.0. The minimum absolute atomic E-state index is 0.102. The Kier molecular flexibility index (Phi) is 6.44. The second kappa shape index (κ2) is 9.82. The fourth-order valence-electron chi connectivity index (χ4n) is 4.86. The Balaban J connectivity index is 1.46. The third-order valence-electron chi connectivity index (χ3n) is 6.68. The lowest BCUT2D eigenvalue weighted by Crippen LogP contribution is -2.32. The molecule has 0 atom stereocenters. The Bertz CT molecular complexity index is 1800. The van der Waals surface area contributed by atoms with Crippen LogP contribution in [0.15, 0.2) is 58.5 Å². The predicted octanol–water partition coefficient (Wildman–Crippen LogP) is 4.99. The lowest BCUT2D eigenvalue weighted by Gasteiger charge is -2.29. The topological polar surface area (TPSA) is 99.7 Å². The second-order valence-corrected chi connectivity index (χ2v) is 12.1. The summed E-state index contributed by atoms with van der Waals surface area (Å²) in [7, 11) is 1.56. The van der Waals surface area contributed by atoms with Gasteiger partial charge in [0.05, 0.1) is 41.8 Å². The van der Waals surface area contributed by atoms with E-state index < -0.39 is 0 Å². The number of nitrogens with one attached hydrogen (secondary N) is 1. The van der Waals surface area contributed by atoms with E-state index in [0.717, 1.165) is 26.5 Å². The van der Waals surface area contributed by atoms with Crippen molar-refractivity contribution in [2.75, 3.05) is 18.2 Å². The van der Waals surface area contributed by atoms with Crippen LogP contribution in [0.5, 0.6) is 5.75 Å². The molecule has 0 radical (unpaired) electrons. The Morgan fingerprint density at radius 1 is 1.21 bits per heavy atom. The molecule has 39 heavy (non-hydrogen) atoms. The standard InChI is InChI=1S/C28H27N5O4S2/c1-16-8-7-9-17(12-16)32-24(35)23-18-13-28(2,3)37-14-21(18)39-25(23)33-26(32)30-31-27(33)38-15-22(34)29-19-10-5-6-11-20(19)36-4/h5-12H,13-15H2,1-4H3,(H,29,34). The monoisotopic (exact) mass is 561 g/mol. The first kappa shape index (κ1) is 25.6. The molecule has 0 saturated carbocycles. The molecule has 5 aromatic rings. The van der Waals surface area contributed by atoms with E-state index >= 15 is 0 Å². The zero-order valence-corrected chi connectivity index (χ0v) is 23.6. The maximum Gasteiger partial charge on any atom is 0.268 e. The minimum atomic E-state index is -0.377. The summed E-state index contributed by atoms with van der Waals surface area (Å²) < 4.78 is 14.9. The number of ether oxygens (including phenoxy) is 2. The molecule has 0 fully saturated rings. The van der Waals surface area contributed by atoms with Crippen molar-refractivity contribution in [3.63, 3.8) is 0 Å². The molecular formula is C28H27N5O4S2. The summed E-state index contributed by atoms with van der Waals surface area (Å²) in [5, 5.41) is 13.0. The first-order valence-electron chi connectivity index (χ1n) is 12.5. The van der Waals surface area contributed by atoms with Gasteiger partial charge in [-0.05, 0) is 56.2 Å². The second-order valence-electron chi connectivity index (χ2n) is 10.0. The third-order valence-corrected chi connectivity index (χ3v) is 8.80. The predicted molar refractivity (Wildman–Crippen MR) is 154 cm³/mol. The van der Waals surface area contributed by atoms with E-state index in [-0.39, 0.29) is 22.8 Å². The van der Waals surface area contributed by atoms with Crippen molar-refractivity contribution in [3.8, 4) is 11.4 Å². The third kappa shape index (κ3) is 4.60. The molecule has 0 spiro atoms. The Hall–Kier alpha value is -3.67. The highest BCUT2D eigenvalue weighted by Crippen LogP contribution is 2.39. The Morgan fingerprint density at radius 2 is 2.03 bits per heavy atom. The van der Waals surface area contributed by atoms with Crippen LogP contribution in [0, 0.1) is 6.92 Å². The number of hydrogen-bond donors (Lipinski definition) is 1. The van der Waals surface area contributed by atoms with Crippen LogP contribution >= 0.6 is 23.1 Å². The van der Waals surface area contributed by atoms with Gasteiger partial charge in [-0.3, -0.25) is 9.59 Å². The number of benzene rings is 2. The molecule has 6 rings (SSSR count). The molecule has 1 aliphatic heterocycles. The van der Waals surface area contributed by atoms with Gasteiger partial charge in [-0.1, -0.05) is 36.0 Å². The van der Waals surface area contributed by atoms with Crippen molar-refractivity contribution in [2.45, 2.75) is 44.6 Å². The lowest BCUT2D eigenvalue weighted by atomic mass is 9.94. The van der Waals surface area contributed by atoms with Crippen LogP contribution in [0.3, 0.4) is 0 Å². The molecule has 4 heterocycles. The van der Waals surface area contributed by atoms with Crippen molar-refractivity contribution < 1.29 is 14.3 Å². The first-order valence-corrected chi connectivity index (χ1v) is 14.3. The van der Waals surface area contributed by atoms with Crippen molar-refractivity contribution in [2.24, 2.45) is 0 Å². The van der Waals surface area contributed by atoms with Gasteiger partial charge < -0.3 is 14.8 Å². The van der Waals surface area contributed by atoms with E-state index in [2.05, 4.69) is 15.5 Å². The number of carbonyl (C=O) groups is 1. The number of anilines is 1. The number of amides is 1. The van der Waals surface area contributed by atoms with Crippen LogP contribution in [0.2, 0.25) is 0 Å². The van der Waals surface area contributed by atoms with Crippen LogP contribution in [0.1, 0.15) is 29.9 Å². The maximum atomic E-state index is 14.1. The molecule has 1 amide bonds. The van der Waals surface area contributed by atoms with Gasteiger partial charge in [0, 0.05) is 11.3 Å². The summed E-state index contributed by atoms with van der Waals surface area (Å²) in [6.07, 6.45) is 0.628. The lowest BCUT2D eigenvalue weighted by molar-refractivity contribution is -0.113. The summed E-state index contributed by atoms with van der Waals surface area (Å²) in [4.78, 5) is 28.8. The number of thioether (sulfide) groups is 1. The maximum absolute atomic E-state index is 14.1. The molecule has 3 aromatic heterocycles. The van der Waals surface area contributed by atoms with Gasteiger partial charge >= 0.3 is 0 Å². The number of fused-ring (bicyclic) bond motifs is 5. The first-order chi connectivity index (χ1) is 18.8. The van der Waals surface area contributed by atoms with Gasteiger partial charge in [-0.25, -0.2) is 8.97 Å². The summed E-state index contributed by atoms with van der Waals surface area (Å²) in [5.74, 6) is 0.891. The van der Waals surface area contributed by atoms with Crippen molar-refractivity contribution >= 4 is 50.7 Å². The zero-order chi connectivity index (χ0) is 27.3.